The summed E-state index contributed by atoms with van der Waals surface area (Å²) in [6.07, 6.45) is 3.21. The van der Waals surface area contributed by atoms with Crippen LogP contribution >= 0.6 is 23.2 Å². The van der Waals surface area contributed by atoms with Gasteiger partial charge in [0.25, 0.3) is 0 Å². The van der Waals surface area contributed by atoms with E-state index in [4.69, 9.17) is 27.9 Å². The smallest absolute Gasteiger partial charge is 0.156 e. The maximum absolute atomic E-state index is 6.23. The molecule has 0 saturated carbocycles. The van der Waals surface area contributed by atoms with Crippen molar-refractivity contribution < 1.29 is 4.74 Å². The fraction of sp³-hybridized carbons (Fsp3) is 0.375. The van der Waals surface area contributed by atoms with Gasteiger partial charge < -0.3 is 10.1 Å². The molecular formula is C16H20Cl2N4O. The molecular weight excluding hydrogens is 335 g/mol. The van der Waals surface area contributed by atoms with Crippen molar-refractivity contribution >= 4 is 23.2 Å². The minimum Gasteiger partial charge on any atom is -0.486 e. The molecule has 1 aromatic heterocycles. The second-order valence-corrected chi connectivity index (χ2v) is 5.84. The summed E-state index contributed by atoms with van der Waals surface area (Å²) in [5.41, 5.74) is 0.973. The molecule has 2 aromatic rings. The van der Waals surface area contributed by atoms with Gasteiger partial charge in [0.1, 0.15) is 18.8 Å². The minimum atomic E-state index is 0.0618. The summed E-state index contributed by atoms with van der Waals surface area (Å²) >= 11 is 12.5. The van der Waals surface area contributed by atoms with Crippen molar-refractivity contribution in [2.45, 2.75) is 33.0 Å². The second-order valence-electron chi connectivity index (χ2n) is 5.02. The Kier molecular flexibility index (Phi) is 6.45. The van der Waals surface area contributed by atoms with Crippen LogP contribution in [0, 0.1) is 0 Å². The molecule has 0 aliphatic heterocycles. The van der Waals surface area contributed by atoms with Crippen molar-refractivity contribution in [2.75, 3.05) is 6.61 Å². The normalized spacial score (nSPS) is 12.2. The molecule has 23 heavy (non-hydrogen) atoms. The Balaban J connectivity index is 2.04. The fourth-order valence-electron chi connectivity index (χ4n) is 2.21. The van der Waals surface area contributed by atoms with E-state index in [1.807, 2.05) is 30.7 Å². The molecule has 0 spiro atoms. The lowest BCUT2D eigenvalue weighted by Crippen LogP contribution is -2.22. The maximum atomic E-state index is 6.23. The highest BCUT2D eigenvalue weighted by Crippen LogP contribution is 2.34. The van der Waals surface area contributed by atoms with E-state index in [1.54, 1.807) is 12.4 Å². The predicted molar refractivity (Wildman–Crippen MR) is 93.1 cm³/mol. The molecule has 1 atom stereocenters. The summed E-state index contributed by atoms with van der Waals surface area (Å²) in [7, 11) is 0. The van der Waals surface area contributed by atoms with Crippen LogP contribution < -0.4 is 10.1 Å². The Morgan fingerprint density at radius 1 is 1.39 bits per heavy atom. The average molecular weight is 355 g/mol. The molecule has 124 valence electrons. The van der Waals surface area contributed by atoms with E-state index in [-0.39, 0.29) is 6.04 Å². The Morgan fingerprint density at radius 2 is 2.09 bits per heavy atom. The third-order valence-corrected chi connectivity index (χ3v) is 3.91. The van der Waals surface area contributed by atoms with Gasteiger partial charge in [-0.1, -0.05) is 35.9 Å². The van der Waals surface area contributed by atoms with E-state index in [9.17, 15) is 0 Å². The van der Waals surface area contributed by atoms with Gasteiger partial charge in [-0.15, -0.1) is 0 Å². The summed E-state index contributed by atoms with van der Waals surface area (Å²) in [4.78, 5) is 4.29. The zero-order valence-electron chi connectivity index (χ0n) is 13.2. The second kappa shape index (κ2) is 8.34. The van der Waals surface area contributed by atoms with Crippen LogP contribution in [0.25, 0.3) is 0 Å². The van der Waals surface area contributed by atoms with Crippen molar-refractivity contribution in [2.24, 2.45) is 0 Å². The highest BCUT2D eigenvalue weighted by Gasteiger charge is 2.13. The molecule has 0 radical (unpaired) electrons. The molecule has 0 unspecified atom stereocenters. The number of nitrogens with zero attached hydrogens (tertiary/aromatic N) is 3. The molecule has 1 aromatic carbocycles. The summed E-state index contributed by atoms with van der Waals surface area (Å²) in [6.45, 7) is 9.44. The van der Waals surface area contributed by atoms with Gasteiger partial charge in [0.15, 0.2) is 5.75 Å². The number of halogens is 2. The van der Waals surface area contributed by atoms with E-state index in [2.05, 4.69) is 22.0 Å². The quantitative estimate of drug-likeness (QED) is 0.727. The molecule has 0 fully saturated rings. The number of benzene rings is 1. The Hall–Kier alpha value is -1.56. The number of hydrogen-bond acceptors (Lipinski definition) is 4. The van der Waals surface area contributed by atoms with Gasteiger partial charge in [-0.3, -0.25) is 0 Å². The molecule has 5 nitrogen and oxygen atoms in total. The zero-order valence-corrected chi connectivity index (χ0v) is 14.7. The Morgan fingerprint density at radius 3 is 2.70 bits per heavy atom. The van der Waals surface area contributed by atoms with Crippen LogP contribution in [0.5, 0.6) is 5.75 Å². The first-order valence-corrected chi connectivity index (χ1v) is 8.15. The molecule has 0 saturated heterocycles. The lowest BCUT2D eigenvalue weighted by atomic mass is 10.2. The van der Waals surface area contributed by atoms with Gasteiger partial charge in [-0.25, -0.2) is 9.67 Å². The van der Waals surface area contributed by atoms with Crippen LogP contribution in [-0.4, -0.2) is 21.4 Å². The van der Waals surface area contributed by atoms with Crippen molar-refractivity contribution in [1.29, 1.82) is 0 Å². The first-order valence-electron chi connectivity index (χ1n) is 7.39. The van der Waals surface area contributed by atoms with Crippen molar-refractivity contribution in [3.05, 3.63) is 52.5 Å². The Bertz CT molecular complexity index is 649. The van der Waals surface area contributed by atoms with Crippen LogP contribution in [0.2, 0.25) is 10.0 Å². The Labute approximate surface area is 146 Å². The van der Waals surface area contributed by atoms with Gasteiger partial charge in [0.05, 0.1) is 16.1 Å². The molecule has 1 heterocycles. The van der Waals surface area contributed by atoms with Crippen LogP contribution in [-0.2, 0) is 13.1 Å². The standard InChI is InChI=1S/C16H20Cl2N4O/c1-4-6-23-15-13(17)7-12(8-14(15)18)9-19-11(3)16-20-10-21-22(16)5-2/h4,7-8,10-11,19H,1,5-6,9H2,2-3H3/t11-/m0/s1. The summed E-state index contributed by atoms with van der Waals surface area (Å²) in [6, 6.07) is 3.75. The minimum absolute atomic E-state index is 0.0618. The third-order valence-electron chi connectivity index (χ3n) is 3.35. The number of rotatable bonds is 8. The SMILES string of the molecule is C=CCOc1c(Cl)cc(CN[C@@H](C)c2ncnn2CC)cc1Cl. The van der Waals surface area contributed by atoms with Crippen molar-refractivity contribution in [1.82, 2.24) is 20.1 Å². The van der Waals surface area contributed by atoms with E-state index >= 15 is 0 Å². The van der Waals surface area contributed by atoms with Gasteiger partial charge in [0.2, 0.25) is 0 Å². The third kappa shape index (κ3) is 4.47. The first-order chi connectivity index (χ1) is 11.1. The monoisotopic (exact) mass is 354 g/mol. The number of aryl methyl sites for hydroxylation is 1. The zero-order chi connectivity index (χ0) is 16.8. The number of nitrogens with one attached hydrogen (secondary N) is 1. The molecule has 2 rings (SSSR count). The number of ether oxygens (including phenoxy) is 1. The molecule has 7 heteroatoms. The van der Waals surface area contributed by atoms with Crippen LogP contribution in [0.15, 0.2) is 31.1 Å². The molecule has 1 N–H and O–H groups in total. The lowest BCUT2D eigenvalue weighted by molar-refractivity contribution is 0.363. The highest BCUT2D eigenvalue weighted by molar-refractivity contribution is 6.37. The summed E-state index contributed by atoms with van der Waals surface area (Å²) in [5, 5.41) is 8.55. The topological polar surface area (TPSA) is 52.0 Å². The molecule has 0 amide bonds. The predicted octanol–water partition coefficient (Wildman–Crippen LogP) is 4.02. The summed E-state index contributed by atoms with van der Waals surface area (Å²) in [5.74, 6) is 1.38. The van der Waals surface area contributed by atoms with Gasteiger partial charge in [-0.05, 0) is 31.5 Å². The van der Waals surface area contributed by atoms with Gasteiger partial charge in [-0.2, -0.15) is 5.10 Å². The van der Waals surface area contributed by atoms with E-state index in [0.29, 0.717) is 28.9 Å². The molecule has 0 aliphatic rings. The largest absolute Gasteiger partial charge is 0.486 e. The van der Waals surface area contributed by atoms with Crippen LogP contribution in [0.4, 0.5) is 0 Å². The maximum Gasteiger partial charge on any atom is 0.156 e. The molecule has 0 aliphatic carbocycles. The summed E-state index contributed by atoms with van der Waals surface area (Å²) < 4.78 is 7.33. The first kappa shape index (κ1) is 17.8. The number of hydrogen-bond donors (Lipinski definition) is 1. The van der Waals surface area contributed by atoms with Crippen molar-refractivity contribution in [3.8, 4) is 5.75 Å². The van der Waals surface area contributed by atoms with E-state index < -0.39 is 0 Å². The lowest BCUT2D eigenvalue weighted by Gasteiger charge is -2.15. The van der Waals surface area contributed by atoms with Gasteiger partial charge in [0, 0.05) is 13.1 Å². The fourth-order valence-corrected chi connectivity index (χ4v) is 2.85. The van der Waals surface area contributed by atoms with Crippen LogP contribution in [0.1, 0.15) is 31.3 Å². The van der Waals surface area contributed by atoms with Crippen molar-refractivity contribution in [3.63, 3.8) is 0 Å². The van der Waals surface area contributed by atoms with E-state index in [1.165, 1.54) is 0 Å². The van der Waals surface area contributed by atoms with E-state index in [0.717, 1.165) is 17.9 Å². The number of aromatic nitrogens is 3. The highest BCUT2D eigenvalue weighted by atomic mass is 35.5. The molecule has 0 bridgehead atoms. The van der Waals surface area contributed by atoms with Crippen LogP contribution in [0.3, 0.4) is 0 Å². The average Bonchev–Trinajstić information content (AvgIpc) is 3.00. The van der Waals surface area contributed by atoms with Gasteiger partial charge >= 0.3 is 0 Å².